The van der Waals surface area contributed by atoms with Crippen molar-refractivity contribution in [3.05, 3.63) is 0 Å². The first-order valence-corrected chi connectivity index (χ1v) is 8.48. The second-order valence-electron chi connectivity index (χ2n) is 6.26. The molecule has 0 amide bonds. The van der Waals surface area contributed by atoms with Crippen molar-refractivity contribution in [3.63, 3.8) is 0 Å². The van der Waals surface area contributed by atoms with Gasteiger partial charge in [0.2, 0.25) is 0 Å². The highest BCUT2D eigenvalue weighted by atomic mass is 79.9. The maximum absolute atomic E-state index is 3.79. The third-order valence-electron chi connectivity index (χ3n) is 4.37. The average molecular weight is 304 g/mol. The number of alkyl halides is 1. The van der Waals surface area contributed by atoms with Gasteiger partial charge in [0.1, 0.15) is 0 Å². The molecule has 0 radical (unpaired) electrons. The van der Waals surface area contributed by atoms with Crippen molar-refractivity contribution in [1.82, 2.24) is 4.90 Å². The van der Waals surface area contributed by atoms with Gasteiger partial charge in [0.25, 0.3) is 0 Å². The van der Waals surface area contributed by atoms with Gasteiger partial charge in [0.15, 0.2) is 0 Å². The van der Waals surface area contributed by atoms with E-state index >= 15 is 0 Å². The molecule has 0 heterocycles. The zero-order valence-electron chi connectivity index (χ0n) is 12.0. The molecule has 0 aromatic rings. The van der Waals surface area contributed by atoms with E-state index in [-0.39, 0.29) is 0 Å². The van der Waals surface area contributed by atoms with Gasteiger partial charge in [0.05, 0.1) is 0 Å². The van der Waals surface area contributed by atoms with E-state index in [4.69, 9.17) is 0 Å². The summed E-state index contributed by atoms with van der Waals surface area (Å²) in [4.78, 5) is 2.57. The van der Waals surface area contributed by atoms with Crippen molar-refractivity contribution >= 4 is 15.9 Å². The highest BCUT2D eigenvalue weighted by Crippen LogP contribution is 2.37. The summed E-state index contributed by atoms with van der Waals surface area (Å²) in [5.41, 5.74) is 0.554. The Balaban J connectivity index is 2.48. The molecular formula is C15H30BrN. The Bertz CT molecular complexity index is 197. The van der Waals surface area contributed by atoms with Crippen LogP contribution in [0.4, 0.5) is 0 Å². The topological polar surface area (TPSA) is 3.24 Å². The Hall–Kier alpha value is 0.440. The van der Waals surface area contributed by atoms with Crippen molar-refractivity contribution in [3.8, 4) is 0 Å². The summed E-state index contributed by atoms with van der Waals surface area (Å²) in [6.45, 7) is 7.20. The maximum atomic E-state index is 3.79. The van der Waals surface area contributed by atoms with Crippen LogP contribution in [0, 0.1) is 11.3 Å². The minimum atomic E-state index is 0.554. The molecule has 1 saturated carbocycles. The van der Waals surface area contributed by atoms with Crippen LogP contribution in [-0.2, 0) is 0 Å². The number of hydrogen-bond acceptors (Lipinski definition) is 1. The molecule has 1 aliphatic carbocycles. The Labute approximate surface area is 116 Å². The van der Waals surface area contributed by atoms with Gasteiger partial charge >= 0.3 is 0 Å². The molecule has 0 aromatic heterocycles. The fraction of sp³-hybridized carbons (Fsp3) is 1.00. The molecule has 0 aromatic carbocycles. The maximum Gasteiger partial charge on any atom is 0.0100 e. The van der Waals surface area contributed by atoms with Crippen LogP contribution < -0.4 is 0 Å². The number of halogens is 1. The first-order valence-electron chi connectivity index (χ1n) is 7.36. The minimum Gasteiger partial charge on any atom is -0.306 e. The highest BCUT2D eigenvalue weighted by molar-refractivity contribution is 9.09. The Morgan fingerprint density at radius 3 is 2.24 bits per heavy atom. The molecule has 102 valence electrons. The van der Waals surface area contributed by atoms with Crippen LogP contribution in [0.3, 0.4) is 0 Å². The fourth-order valence-corrected chi connectivity index (χ4v) is 3.85. The lowest BCUT2D eigenvalue weighted by Crippen LogP contribution is -2.38. The molecule has 1 rings (SSSR count). The molecule has 2 heteroatoms. The summed E-state index contributed by atoms with van der Waals surface area (Å²) >= 11 is 3.79. The summed E-state index contributed by atoms with van der Waals surface area (Å²) in [7, 11) is 2.31. The summed E-state index contributed by atoms with van der Waals surface area (Å²) in [5, 5.41) is 1.19. The number of nitrogens with zero attached hydrogens (tertiary/aromatic N) is 1. The van der Waals surface area contributed by atoms with E-state index in [0.717, 1.165) is 5.92 Å². The molecule has 0 N–H and O–H groups in total. The van der Waals surface area contributed by atoms with Crippen LogP contribution in [0.25, 0.3) is 0 Å². The standard InChI is InChI=1S/C15H30BrN/c1-4-14(2)11-17(3)13-15(12-16)9-7-5-6-8-10-15/h14H,4-13H2,1-3H3. The molecule has 1 aliphatic rings. The van der Waals surface area contributed by atoms with Gasteiger partial charge in [-0.3, -0.25) is 0 Å². The van der Waals surface area contributed by atoms with E-state index in [1.165, 1.54) is 63.4 Å². The smallest absolute Gasteiger partial charge is 0.0100 e. The van der Waals surface area contributed by atoms with Crippen molar-refractivity contribution < 1.29 is 0 Å². The molecule has 0 aliphatic heterocycles. The average Bonchev–Trinajstić information content (AvgIpc) is 2.55. The molecule has 0 bridgehead atoms. The van der Waals surface area contributed by atoms with Gasteiger partial charge in [-0.05, 0) is 31.2 Å². The molecule has 17 heavy (non-hydrogen) atoms. The van der Waals surface area contributed by atoms with Gasteiger partial charge in [-0.1, -0.05) is 61.9 Å². The van der Waals surface area contributed by atoms with Crippen molar-refractivity contribution in [2.24, 2.45) is 11.3 Å². The quantitative estimate of drug-likeness (QED) is 0.508. The number of rotatable bonds is 6. The highest BCUT2D eigenvalue weighted by Gasteiger charge is 2.31. The summed E-state index contributed by atoms with van der Waals surface area (Å²) < 4.78 is 0. The molecule has 1 unspecified atom stereocenters. The van der Waals surface area contributed by atoms with Crippen LogP contribution in [-0.4, -0.2) is 30.4 Å². The second kappa shape index (κ2) is 7.78. The van der Waals surface area contributed by atoms with E-state index in [1.54, 1.807) is 0 Å². The third-order valence-corrected chi connectivity index (χ3v) is 5.56. The minimum absolute atomic E-state index is 0.554. The summed E-state index contributed by atoms with van der Waals surface area (Å²) in [6.07, 6.45) is 9.90. The summed E-state index contributed by atoms with van der Waals surface area (Å²) in [6, 6.07) is 0. The number of hydrogen-bond donors (Lipinski definition) is 0. The van der Waals surface area contributed by atoms with Crippen LogP contribution in [0.15, 0.2) is 0 Å². The van der Waals surface area contributed by atoms with Crippen LogP contribution >= 0.6 is 15.9 Å². The fourth-order valence-electron chi connectivity index (χ4n) is 3.11. The molecule has 1 nitrogen and oxygen atoms in total. The molecule has 0 saturated heterocycles. The van der Waals surface area contributed by atoms with Crippen molar-refractivity contribution in [2.45, 2.75) is 58.8 Å². The molecule has 1 fully saturated rings. The van der Waals surface area contributed by atoms with E-state index in [1.807, 2.05) is 0 Å². The lowest BCUT2D eigenvalue weighted by Gasteiger charge is -2.36. The van der Waals surface area contributed by atoms with Crippen LogP contribution in [0.1, 0.15) is 58.8 Å². The predicted molar refractivity (Wildman–Crippen MR) is 80.9 cm³/mol. The Morgan fingerprint density at radius 2 is 1.76 bits per heavy atom. The molecular weight excluding hydrogens is 274 g/mol. The Morgan fingerprint density at radius 1 is 1.18 bits per heavy atom. The van der Waals surface area contributed by atoms with Gasteiger partial charge in [0, 0.05) is 18.4 Å². The normalized spacial score (nSPS) is 22.4. The third kappa shape index (κ3) is 5.30. The SMILES string of the molecule is CCC(C)CN(C)CC1(CBr)CCCCCC1. The van der Waals surface area contributed by atoms with Crippen molar-refractivity contribution in [1.29, 1.82) is 0 Å². The van der Waals surface area contributed by atoms with E-state index in [2.05, 4.69) is 41.7 Å². The molecule has 1 atom stereocenters. The van der Waals surface area contributed by atoms with E-state index in [9.17, 15) is 0 Å². The van der Waals surface area contributed by atoms with Crippen molar-refractivity contribution in [2.75, 3.05) is 25.5 Å². The Kier molecular flexibility index (Phi) is 7.10. The zero-order chi connectivity index (χ0) is 12.7. The van der Waals surface area contributed by atoms with Gasteiger partial charge in [-0.2, -0.15) is 0 Å². The van der Waals surface area contributed by atoms with Gasteiger partial charge in [-0.25, -0.2) is 0 Å². The first-order chi connectivity index (χ1) is 8.12. The second-order valence-corrected chi connectivity index (χ2v) is 6.82. The largest absolute Gasteiger partial charge is 0.306 e. The van der Waals surface area contributed by atoms with Crippen LogP contribution in [0.2, 0.25) is 0 Å². The molecule has 0 spiro atoms. The van der Waals surface area contributed by atoms with E-state index in [0.29, 0.717) is 5.41 Å². The zero-order valence-corrected chi connectivity index (χ0v) is 13.6. The lowest BCUT2D eigenvalue weighted by molar-refractivity contribution is 0.160. The van der Waals surface area contributed by atoms with Crippen LogP contribution in [0.5, 0.6) is 0 Å². The first kappa shape index (κ1) is 15.5. The monoisotopic (exact) mass is 303 g/mol. The predicted octanol–water partition coefficient (Wildman–Crippen LogP) is 4.70. The summed E-state index contributed by atoms with van der Waals surface area (Å²) in [5.74, 6) is 0.832. The van der Waals surface area contributed by atoms with Gasteiger partial charge in [-0.15, -0.1) is 0 Å². The lowest BCUT2D eigenvalue weighted by atomic mass is 9.82. The van der Waals surface area contributed by atoms with Gasteiger partial charge < -0.3 is 4.90 Å². The van der Waals surface area contributed by atoms with E-state index < -0.39 is 0 Å².